The van der Waals surface area contributed by atoms with E-state index in [1.54, 1.807) is 42.5 Å². The molecule has 0 aliphatic carbocycles. The molecule has 0 bridgehead atoms. The van der Waals surface area contributed by atoms with Gasteiger partial charge in [0.2, 0.25) is 0 Å². The van der Waals surface area contributed by atoms with Gasteiger partial charge in [0.05, 0.1) is 23.9 Å². The minimum atomic E-state index is -1.12. The number of aromatic carboxylic acids is 1. The van der Waals surface area contributed by atoms with Gasteiger partial charge < -0.3 is 14.3 Å². The normalized spacial score (nSPS) is 10.8. The fraction of sp³-hybridized carbons (Fsp3) is 0.0500. The summed E-state index contributed by atoms with van der Waals surface area (Å²) in [5.74, 6) is -0.130. The Morgan fingerprint density at radius 2 is 2.00 bits per heavy atom. The van der Waals surface area contributed by atoms with Gasteiger partial charge in [0, 0.05) is 11.1 Å². The second-order valence-corrected chi connectivity index (χ2v) is 6.04. The van der Waals surface area contributed by atoms with Crippen molar-refractivity contribution >= 4 is 29.7 Å². The number of furan rings is 1. The average Bonchev–Trinajstić information content (AvgIpc) is 3.17. The number of carbonyl (C=O) groups is 2. The Morgan fingerprint density at radius 3 is 2.75 bits per heavy atom. The van der Waals surface area contributed by atoms with Crippen LogP contribution in [0.15, 0.2) is 64.1 Å². The minimum Gasteiger partial charge on any atom is -0.497 e. The van der Waals surface area contributed by atoms with Crippen molar-refractivity contribution in [3.8, 4) is 17.1 Å². The van der Waals surface area contributed by atoms with Gasteiger partial charge in [-0.15, -0.1) is 0 Å². The maximum atomic E-state index is 12.1. The lowest BCUT2D eigenvalue weighted by molar-refractivity contribution is 0.0697. The smallest absolute Gasteiger partial charge is 0.337 e. The molecule has 3 rings (SSSR count). The topological polar surface area (TPSA) is 101 Å². The van der Waals surface area contributed by atoms with Gasteiger partial charge in [-0.1, -0.05) is 17.7 Å². The van der Waals surface area contributed by atoms with E-state index in [1.807, 2.05) is 0 Å². The van der Waals surface area contributed by atoms with E-state index < -0.39 is 11.9 Å². The zero-order valence-corrected chi connectivity index (χ0v) is 15.4. The number of hydrogen-bond donors (Lipinski definition) is 2. The van der Waals surface area contributed by atoms with Gasteiger partial charge in [0.15, 0.2) is 0 Å². The highest BCUT2D eigenvalue weighted by Gasteiger charge is 2.12. The Balaban J connectivity index is 1.70. The van der Waals surface area contributed by atoms with Crippen molar-refractivity contribution in [3.05, 3.63) is 76.5 Å². The van der Waals surface area contributed by atoms with Crippen molar-refractivity contribution in [1.29, 1.82) is 0 Å². The van der Waals surface area contributed by atoms with Crippen LogP contribution in [0.2, 0.25) is 5.02 Å². The SMILES string of the molecule is COc1cccc(C(=O)N/N=C\c2ccc(-c3ccc(Cl)c(C(=O)O)c3)o2)c1. The first-order valence-electron chi connectivity index (χ1n) is 8.08. The van der Waals surface area contributed by atoms with Crippen LogP contribution in [-0.4, -0.2) is 30.3 Å². The fourth-order valence-corrected chi connectivity index (χ4v) is 2.60. The first-order chi connectivity index (χ1) is 13.5. The van der Waals surface area contributed by atoms with Crippen molar-refractivity contribution in [2.24, 2.45) is 5.10 Å². The van der Waals surface area contributed by atoms with Gasteiger partial charge in [-0.05, 0) is 48.5 Å². The number of nitrogens with one attached hydrogen (secondary N) is 1. The lowest BCUT2D eigenvalue weighted by Crippen LogP contribution is -2.17. The number of carboxylic acids is 1. The molecule has 0 fully saturated rings. The molecular weight excluding hydrogens is 384 g/mol. The van der Waals surface area contributed by atoms with Crippen molar-refractivity contribution in [3.63, 3.8) is 0 Å². The highest BCUT2D eigenvalue weighted by molar-refractivity contribution is 6.33. The number of rotatable bonds is 6. The molecule has 7 nitrogen and oxygen atoms in total. The molecule has 8 heteroatoms. The summed E-state index contributed by atoms with van der Waals surface area (Å²) < 4.78 is 10.7. The van der Waals surface area contributed by atoms with E-state index in [2.05, 4.69) is 10.5 Å². The van der Waals surface area contributed by atoms with Crippen LogP contribution in [0.4, 0.5) is 0 Å². The maximum Gasteiger partial charge on any atom is 0.337 e. The lowest BCUT2D eigenvalue weighted by atomic mass is 10.1. The molecule has 142 valence electrons. The second-order valence-electron chi connectivity index (χ2n) is 5.63. The van der Waals surface area contributed by atoms with Gasteiger partial charge in [-0.3, -0.25) is 4.79 Å². The molecule has 1 aromatic heterocycles. The third kappa shape index (κ3) is 4.39. The van der Waals surface area contributed by atoms with Crippen LogP contribution in [0.25, 0.3) is 11.3 Å². The van der Waals surface area contributed by atoms with Crippen molar-refractivity contribution in [1.82, 2.24) is 5.43 Å². The van der Waals surface area contributed by atoms with Gasteiger partial charge in [0.1, 0.15) is 17.3 Å². The summed E-state index contributed by atoms with van der Waals surface area (Å²) in [5.41, 5.74) is 3.34. The molecular formula is C20H15ClN2O5. The van der Waals surface area contributed by atoms with Crippen LogP contribution in [0, 0.1) is 0 Å². The van der Waals surface area contributed by atoms with Gasteiger partial charge in [-0.25, -0.2) is 10.2 Å². The highest BCUT2D eigenvalue weighted by Crippen LogP contribution is 2.26. The Bertz CT molecular complexity index is 1060. The van der Waals surface area contributed by atoms with Gasteiger partial charge >= 0.3 is 5.97 Å². The number of nitrogens with zero attached hydrogens (tertiary/aromatic N) is 1. The quantitative estimate of drug-likeness (QED) is 0.481. The number of hydrazone groups is 1. The Hall–Kier alpha value is -3.58. The zero-order chi connectivity index (χ0) is 20.1. The molecule has 0 radical (unpaired) electrons. The summed E-state index contributed by atoms with van der Waals surface area (Å²) in [6.07, 6.45) is 1.34. The molecule has 2 aromatic carbocycles. The summed E-state index contributed by atoms with van der Waals surface area (Å²) in [5, 5.41) is 13.2. The largest absolute Gasteiger partial charge is 0.497 e. The van der Waals surface area contributed by atoms with Crippen LogP contribution in [0.3, 0.4) is 0 Å². The van der Waals surface area contributed by atoms with Crippen molar-refractivity contribution < 1.29 is 23.8 Å². The highest BCUT2D eigenvalue weighted by atomic mass is 35.5. The predicted molar refractivity (Wildman–Crippen MR) is 104 cm³/mol. The second kappa shape index (κ2) is 8.41. The molecule has 0 aliphatic rings. The van der Waals surface area contributed by atoms with Crippen molar-refractivity contribution in [2.75, 3.05) is 7.11 Å². The number of methoxy groups -OCH3 is 1. The van der Waals surface area contributed by atoms with Crippen LogP contribution in [0.5, 0.6) is 5.75 Å². The lowest BCUT2D eigenvalue weighted by Gasteiger charge is -2.02. The molecule has 1 amide bonds. The van der Waals surface area contributed by atoms with E-state index in [9.17, 15) is 9.59 Å². The number of hydrogen-bond acceptors (Lipinski definition) is 5. The summed E-state index contributed by atoms with van der Waals surface area (Å²) in [6.45, 7) is 0. The zero-order valence-electron chi connectivity index (χ0n) is 14.7. The number of amides is 1. The standard InChI is InChI=1S/C20H15ClN2O5/c1-27-14-4-2-3-13(9-14)19(24)23-22-11-15-6-8-18(28-15)12-5-7-17(21)16(10-12)20(25)26/h2-11H,1H3,(H,23,24)(H,25,26)/b22-11-. The van der Waals surface area contributed by atoms with Crippen LogP contribution in [0.1, 0.15) is 26.5 Å². The molecule has 0 unspecified atom stereocenters. The van der Waals surface area contributed by atoms with Crippen LogP contribution < -0.4 is 10.2 Å². The van der Waals surface area contributed by atoms with Gasteiger partial charge in [0.25, 0.3) is 5.91 Å². The summed E-state index contributed by atoms with van der Waals surface area (Å²) in [4.78, 5) is 23.3. The summed E-state index contributed by atoms with van der Waals surface area (Å²) in [7, 11) is 1.52. The molecule has 0 saturated heterocycles. The Kier molecular flexibility index (Phi) is 5.76. The van der Waals surface area contributed by atoms with E-state index in [-0.39, 0.29) is 10.6 Å². The number of ether oxygens (including phenoxy) is 1. The summed E-state index contributed by atoms with van der Waals surface area (Å²) >= 11 is 5.87. The van der Waals surface area contributed by atoms with E-state index in [0.29, 0.717) is 28.4 Å². The molecule has 0 aliphatic heterocycles. The number of carbonyl (C=O) groups excluding carboxylic acids is 1. The Labute approximate surface area is 165 Å². The third-order valence-corrected chi connectivity index (χ3v) is 4.13. The van der Waals surface area contributed by atoms with Crippen LogP contribution >= 0.6 is 11.6 Å². The number of carboxylic acid groups (broad SMARTS) is 1. The molecule has 3 aromatic rings. The average molecular weight is 399 g/mol. The van der Waals surface area contributed by atoms with Gasteiger partial charge in [-0.2, -0.15) is 5.10 Å². The molecule has 28 heavy (non-hydrogen) atoms. The van der Waals surface area contributed by atoms with Crippen molar-refractivity contribution in [2.45, 2.75) is 0 Å². The van der Waals surface area contributed by atoms with E-state index >= 15 is 0 Å². The predicted octanol–water partition coefficient (Wildman–Crippen LogP) is 4.07. The third-order valence-electron chi connectivity index (χ3n) is 3.80. The maximum absolute atomic E-state index is 12.1. The summed E-state index contributed by atoms with van der Waals surface area (Å²) in [6, 6.07) is 14.5. The molecule has 0 atom stereocenters. The first kappa shape index (κ1) is 19.2. The number of benzene rings is 2. The Morgan fingerprint density at radius 1 is 1.18 bits per heavy atom. The van der Waals surface area contributed by atoms with E-state index in [1.165, 1.54) is 25.5 Å². The van der Waals surface area contributed by atoms with Crippen LogP contribution in [-0.2, 0) is 0 Å². The molecule has 2 N–H and O–H groups in total. The minimum absolute atomic E-state index is 0.0173. The van der Waals surface area contributed by atoms with E-state index in [0.717, 1.165) is 0 Å². The number of halogens is 1. The fourth-order valence-electron chi connectivity index (χ4n) is 2.40. The molecule has 0 spiro atoms. The first-order valence-corrected chi connectivity index (χ1v) is 8.46. The molecule has 1 heterocycles. The van der Waals surface area contributed by atoms with E-state index in [4.69, 9.17) is 25.9 Å². The monoisotopic (exact) mass is 398 g/mol. The molecule has 0 saturated carbocycles.